The number of amides is 1. The quantitative estimate of drug-likeness (QED) is 0.433. The van der Waals surface area contributed by atoms with E-state index in [0.29, 0.717) is 18.1 Å². The molecule has 1 heterocycles. The Hall–Kier alpha value is -3.15. The summed E-state index contributed by atoms with van der Waals surface area (Å²) >= 11 is 0. The molecule has 1 amide bonds. The van der Waals surface area contributed by atoms with Gasteiger partial charge in [-0.15, -0.1) is 0 Å². The van der Waals surface area contributed by atoms with Crippen LogP contribution >= 0.6 is 0 Å². The highest BCUT2D eigenvalue weighted by Gasteiger charge is 2.27. The van der Waals surface area contributed by atoms with Crippen molar-refractivity contribution < 1.29 is 37.1 Å². The number of ether oxygens (including phenoxy) is 2. The Labute approximate surface area is 204 Å². The van der Waals surface area contributed by atoms with Crippen molar-refractivity contribution in [2.75, 3.05) is 14.2 Å². The molecule has 11 nitrogen and oxygen atoms in total. The highest BCUT2D eigenvalue weighted by atomic mass is 32.2. The first-order chi connectivity index (χ1) is 16.7. The lowest BCUT2D eigenvalue weighted by Crippen LogP contribution is -2.31. The Balaban J connectivity index is 1.67. The average Bonchev–Trinajstić information content (AvgIpc) is 3.33. The molecule has 1 aromatic heterocycles. The topological polar surface area (TPSA) is 158 Å². The number of carbonyl (C=O) groups excluding carboxylic acids is 1. The molecule has 12 heteroatoms. The summed E-state index contributed by atoms with van der Waals surface area (Å²) in [7, 11) is -1.50. The van der Waals surface area contributed by atoms with Gasteiger partial charge in [0.2, 0.25) is 5.89 Å². The molecule has 1 aliphatic rings. The highest BCUT2D eigenvalue weighted by Crippen LogP contribution is 2.31. The number of aromatic nitrogens is 2. The third-order valence-electron chi connectivity index (χ3n) is 6.20. The van der Waals surface area contributed by atoms with Crippen molar-refractivity contribution in [2.24, 2.45) is 5.92 Å². The normalized spacial score (nSPS) is 15.4. The van der Waals surface area contributed by atoms with Crippen molar-refractivity contribution in [3.05, 3.63) is 29.9 Å². The van der Waals surface area contributed by atoms with E-state index in [1.54, 1.807) is 0 Å². The number of sulfonamides is 1. The van der Waals surface area contributed by atoms with Crippen molar-refractivity contribution in [2.45, 2.75) is 68.6 Å². The van der Waals surface area contributed by atoms with Crippen LogP contribution < -0.4 is 14.2 Å². The van der Waals surface area contributed by atoms with Crippen LogP contribution in [-0.4, -0.2) is 49.8 Å². The summed E-state index contributed by atoms with van der Waals surface area (Å²) in [4.78, 5) is 27.7. The van der Waals surface area contributed by atoms with E-state index in [2.05, 4.69) is 10.1 Å². The van der Waals surface area contributed by atoms with Gasteiger partial charge in [0, 0.05) is 12.0 Å². The van der Waals surface area contributed by atoms with Crippen LogP contribution in [0, 0.1) is 5.92 Å². The smallest absolute Gasteiger partial charge is 0.306 e. The van der Waals surface area contributed by atoms with Gasteiger partial charge >= 0.3 is 11.9 Å². The molecule has 0 saturated heterocycles. The van der Waals surface area contributed by atoms with Gasteiger partial charge in [0.15, 0.2) is 11.5 Å². The van der Waals surface area contributed by atoms with E-state index in [4.69, 9.17) is 14.0 Å². The number of carboxylic acid groups (broad SMARTS) is 1. The zero-order valence-corrected chi connectivity index (χ0v) is 20.7. The fourth-order valence-corrected chi connectivity index (χ4v) is 5.32. The van der Waals surface area contributed by atoms with Crippen LogP contribution in [0.4, 0.5) is 0 Å². The Bertz CT molecular complexity index is 1130. The number of hydrogen-bond donors (Lipinski definition) is 2. The minimum Gasteiger partial charge on any atom is -0.493 e. The van der Waals surface area contributed by atoms with Crippen molar-refractivity contribution in [1.29, 1.82) is 0 Å². The number of benzene rings is 1. The minimum atomic E-state index is -4.27. The van der Waals surface area contributed by atoms with Gasteiger partial charge in [-0.2, -0.15) is 4.98 Å². The van der Waals surface area contributed by atoms with Gasteiger partial charge in [-0.25, -0.2) is 13.1 Å². The van der Waals surface area contributed by atoms with Gasteiger partial charge in [-0.3, -0.25) is 9.59 Å². The summed E-state index contributed by atoms with van der Waals surface area (Å²) in [5, 5.41) is 12.9. The molecule has 35 heavy (non-hydrogen) atoms. The van der Waals surface area contributed by atoms with E-state index >= 15 is 0 Å². The minimum absolute atomic E-state index is 0.00436. The molecule has 1 fully saturated rings. The second kappa shape index (κ2) is 12.0. The van der Waals surface area contributed by atoms with Gasteiger partial charge in [0.1, 0.15) is 0 Å². The fraction of sp³-hybridized carbons (Fsp3) is 0.565. The summed E-state index contributed by atoms with van der Waals surface area (Å²) in [6.07, 6.45) is 8.24. The number of carbonyl (C=O) groups is 2. The van der Waals surface area contributed by atoms with Crippen molar-refractivity contribution in [1.82, 2.24) is 14.9 Å². The Morgan fingerprint density at radius 2 is 1.89 bits per heavy atom. The summed E-state index contributed by atoms with van der Waals surface area (Å²) in [6.45, 7) is 0. The van der Waals surface area contributed by atoms with Crippen LogP contribution in [0.1, 0.15) is 80.2 Å². The Kier molecular flexibility index (Phi) is 9.07. The number of nitrogens with zero attached hydrogens (tertiary/aromatic N) is 2. The molecule has 1 aromatic carbocycles. The van der Waals surface area contributed by atoms with Crippen LogP contribution in [-0.2, 0) is 14.8 Å². The van der Waals surface area contributed by atoms with E-state index in [1.807, 2.05) is 4.72 Å². The Morgan fingerprint density at radius 1 is 1.17 bits per heavy atom. The molecule has 2 aromatic rings. The molecular formula is C23H31N3O8S. The monoisotopic (exact) mass is 509 g/mol. The number of methoxy groups -OCH3 is 2. The average molecular weight is 510 g/mol. The van der Waals surface area contributed by atoms with Crippen molar-refractivity contribution in [3.63, 3.8) is 0 Å². The first-order valence-corrected chi connectivity index (χ1v) is 13.1. The highest BCUT2D eigenvalue weighted by molar-refractivity contribution is 7.90. The lowest BCUT2D eigenvalue weighted by Gasteiger charge is -2.21. The zero-order valence-electron chi connectivity index (χ0n) is 19.9. The molecule has 0 radical (unpaired) electrons. The molecular weight excluding hydrogens is 478 g/mol. The molecule has 1 saturated carbocycles. The number of carboxylic acids is 1. The second-order valence-corrected chi connectivity index (χ2v) is 10.3. The number of hydrogen-bond acceptors (Lipinski definition) is 9. The van der Waals surface area contributed by atoms with Crippen LogP contribution in [0.3, 0.4) is 0 Å². The van der Waals surface area contributed by atoms with Gasteiger partial charge in [0.05, 0.1) is 25.5 Å². The maximum Gasteiger partial charge on any atom is 0.306 e. The first-order valence-electron chi connectivity index (χ1n) is 11.6. The van der Waals surface area contributed by atoms with Gasteiger partial charge in [0.25, 0.3) is 15.8 Å². The molecule has 2 N–H and O–H groups in total. The van der Waals surface area contributed by atoms with Crippen LogP contribution in [0.15, 0.2) is 27.6 Å². The molecule has 0 aliphatic heterocycles. The molecule has 1 atom stereocenters. The van der Waals surface area contributed by atoms with E-state index < -0.39 is 33.6 Å². The Morgan fingerprint density at radius 3 is 2.54 bits per heavy atom. The SMILES string of the molecule is COc1ccc(S(=O)(=O)NC(=O)c2noc(C(CCCC3CCCCC3)CC(=O)O)n2)cc1OC. The second-order valence-electron chi connectivity index (χ2n) is 8.64. The van der Waals surface area contributed by atoms with Crippen LogP contribution in [0.5, 0.6) is 11.5 Å². The zero-order chi connectivity index (χ0) is 25.4. The van der Waals surface area contributed by atoms with Crippen molar-refractivity contribution >= 4 is 21.9 Å². The summed E-state index contributed by atoms with van der Waals surface area (Å²) in [5.74, 6) is -2.01. The number of aliphatic carboxylic acids is 1. The standard InChI is InChI=1S/C23H31N3O8S/c1-32-18-12-11-17(14-19(18)33-2)35(30,31)26-22(29)21-24-23(34-25-21)16(13-20(27)28)10-6-9-15-7-4-3-5-8-15/h11-12,14-16H,3-10,13H2,1-2H3,(H,26,29)(H,27,28). The van der Waals surface area contributed by atoms with E-state index in [0.717, 1.165) is 12.8 Å². The van der Waals surface area contributed by atoms with Gasteiger partial charge in [-0.05, 0) is 24.5 Å². The fourth-order valence-electron chi connectivity index (χ4n) is 4.36. The predicted octanol–water partition coefficient (Wildman–Crippen LogP) is 3.51. The third kappa shape index (κ3) is 7.17. The lowest BCUT2D eigenvalue weighted by atomic mass is 9.84. The molecule has 1 aliphatic carbocycles. The lowest BCUT2D eigenvalue weighted by molar-refractivity contribution is -0.137. The summed E-state index contributed by atoms with van der Waals surface area (Å²) < 4.78 is 42.6. The van der Waals surface area contributed by atoms with Crippen LogP contribution in [0.25, 0.3) is 0 Å². The maximum atomic E-state index is 12.7. The molecule has 3 rings (SSSR count). The molecule has 0 bridgehead atoms. The summed E-state index contributed by atoms with van der Waals surface area (Å²) in [6, 6.07) is 3.87. The predicted molar refractivity (Wildman–Crippen MR) is 124 cm³/mol. The van der Waals surface area contributed by atoms with E-state index in [-0.39, 0.29) is 23.0 Å². The molecule has 0 spiro atoms. The van der Waals surface area contributed by atoms with Crippen molar-refractivity contribution in [3.8, 4) is 11.5 Å². The van der Waals surface area contributed by atoms with Crippen LogP contribution in [0.2, 0.25) is 0 Å². The van der Waals surface area contributed by atoms with Gasteiger partial charge < -0.3 is 19.1 Å². The number of nitrogens with one attached hydrogen (secondary N) is 1. The third-order valence-corrected chi connectivity index (χ3v) is 7.53. The molecule has 1 unspecified atom stereocenters. The van der Waals surface area contributed by atoms with Gasteiger partial charge in [-0.1, -0.05) is 50.1 Å². The largest absolute Gasteiger partial charge is 0.493 e. The molecule has 192 valence electrons. The van der Waals surface area contributed by atoms with E-state index in [1.165, 1.54) is 64.5 Å². The maximum absolute atomic E-state index is 12.7. The number of rotatable bonds is 12. The van der Waals surface area contributed by atoms with E-state index in [9.17, 15) is 23.1 Å². The summed E-state index contributed by atoms with van der Waals surface area (Å²) in [5.41, 5.74) is 0. The first kappa shape index (κ1) is 26.5.